The van der Waals surface area contributed by atoms with E-state index in [4.69, 9.17) is 4.74 Å². The third-order valence-electron chi connectivity index (χ3n) is 4.48. The van der Waals surface area contributed by atoms with Crippen LogP contribution in [0.5, 0.6) is 0 Å². The molecule has 1 aliphatic carbocycles. The Labute approximate surface area is 134 Å². The van der Waals surface area contributed by atoms with E-state index in [1.54, 1.807) is 4.90 Å². The molecule has 23 heavy (non-hydrogen) atoms. The van der Waals surface area contributed by atoms with Crippen molar-refractivity contribution in [1.29, 1.82) is 0 Å². The predicted molar refractivity (Wildman–Crippen MR) is 81.9 cm³/mol. The van der Waals surface area contributed by atoms with Gasteiger partial charge in [0.1, 0.15) is 11.6 Å². The first-order chi connectivity index (χ1) is 11.0. The number of ether oxygens (including phenoxy) is 1. The SMILES string of the molecule is C[C@H](NC(=O)N(Cc1ccc(F)cc1F)C1CC1)[C@H]1CCCO1. The Hall–Kier alpha value is -1.69. The van der Waals surface area contributed by atoms with E-state index in [0.29, 0.717) is 5.56 Å². The van der Waals surface area contributed by atoms with E-state index in [-0.39, 0.29) is 30.8 Å². The monoisotopic (exact) mass is 324 g/mol. The van der Waals surface area contributed by atoms with Crippen molar-refractivity contribution in [2.75, 3.05) is 6.61 Å². The maximum atomic E-state index is 13.8. The van der Waals surface area contributed by atoms with Crippen LogP contribution < -0.4 is 5.32 Å². The Bertz CT molecular complexity index is 572. The van der Waals surface area contributed by atoms with Crippen molar-refractivity contribution >= 4 is 6.03 Å². The van der Waals surface area contributed by atoms with Crippen molar-refractivity contribution in [3.63, 3.8) is 0 Å². The molecule has 1 heterocycles. The summed E-state index contributed by atoms with van der Waals surface area (Å²) in [5.74, 6) is -1.23. The van der Waals surface area contributed by atoms with E-state index in [2.05, 4.69) is 5.32 Å². The zero-order chi connectivity index (χ0) is 16.4. The lowest BCUT2D eigenvalue weighted by molar-refractivity contribution is 0.0828. The summed E-state index contributed by atoms with van der Waals surface area (Å²) in [7, 11) is 0. The number of amides is 2. The fourth-order valence-corrected chi connectivity index (χ4v) is 2.95. The van der Waals surface area contributed by atoms with E-state index in [1.165, 1.54) is 12.1 Å². The summed E-state index contributed by atoms with van der Waals surface area (Å²) in [6.07, 6.45) is 3.84. The fourth-order valence-electron chi connectivity index (χ4n) is 2.95. The van der Waals surface area contributed by atoms with Crippen LogP contribution in [0.2, 0.25) is 0 Å². The molecule has 1 saturated heterocycles. The molecule has 1 aromatic rings. The molecule has 3 rings (SSSR count). The van der Waals surface area contributed by atoms with Gasteiger partial charge in [0, 0.05) is 24.3 Å². The zero-order valence-corrected chi connectivity index (χ0v) is 13.2. The van der Waals surface area contributed by atoms with Crippen molar-refractivity contribution in [1.82, 2.24) is 10.2 Å². The Morgan fingerprint density at radius 2 is 2.17 bits per heavy atom. The van der Waals surface area contributed by atoms with Crippen LogP contribution in [0.15, 0.2) is 18.2 Å². The molecule has 2 amide bonds. The van der Waals surface area contributed by atoms with Gasteiger partial charge >= 0.3 is 6.03 Å². The standard InChI is InChI=1S/C17H22F2N2O2/c1-11(16-3-2-8-23-16)20-17(22)21(14-6-7-14)10-12-4-5-13(18)9-15(12)19/h4-5,9,11,14,16H,2-3,6-8,10H2,1H3,(H,20,22)/t11-,16+/m0/s1. The quantitative estimate of drug-likeness (QED) is 0.904. The predicted octanol–water partition coefficient (Wildman–Crippen LogP) is 3.21. The smallest absolute Gasteiger partial charge is 0.318 e. The van der Waals surface area contributed by atoms with Gasteiger partial charge in [-0.05, 0) is 38.7 Å². The second kappa shape index (κ2) is 6.83. The fraction of sp³-hybridized carbons (Fsp3) is 0.588. The topological polar surface area (TPSA) is 41.6 Å². The van der Waals surface area contributed by atoms with Gasteiger partial charge in [0.05, 0.1) is 18.7 Å². The zero-order valence-electron chi connectivity index (χ0n) is 13.2. The maximum Gasteiger partial charge on any atom is 0.318 e. The first-order valence-electron chi connectivity index (χ1n) is 8.17. The normalized spacial score (nSPS) is 22.0. The molecule has 1 saturated carbocycles. The molecule has 0 radical (unpaired) electrons. The van der Waals surface area contributed by atoms with Gasteiger partial charge in [0.25, 0.3) is 0 Å². The Balaban J connectivity index is 1.64. The molecule has 4 nitrogen and oxygen atoms in total. The molecule has 0 spiro atoms. The van der Waals surface area contributed by atoms with Gasteiger partial charge in [-0.15, -0.1) is 0 Å². The lowest BCUT2D eigenvalue weighted by atomic mass is 10.1. The Morgan fingerprint density at radius 3 is 2.78 bits per heavy atom. The van der Waals surface area contributed by atoms with Gasteiger partial charge in [0.15, 0.2) is 0 Å². The number of urea groups is 1. The molecule has 0 aromatic heterocycles. The van der Waals surface area contributed by atoms with E-state index in [1.807, 2.05) is 6.92 Å². The van der Waals surface area contributed by atoms with Crippen molar-refractivity contribution in [3.8, 4) is 0 Å². The molecule has 1 N–H and O–H groups in total. The second-order valence-electron chi connectivity index (χ2n) is 6.38. The molecule has 0 bridgehead atoms. The number of hydrogen-bond donors (Lipinski definition) is 1. The van der Waals surface area contributed by atoms with Gasteiger partial charge in [-0.3, -0.25) is 0 Å². The van der Waals surface area contributed by atoms with Crippen LogP contribution in [0, 0.1) is 11.6 Å². The van der Waals surface area contributed by atoms with Crippen molar-refractivity contribution in [2.45, 2.75) is 57.3 Å². The summed E-state index contributed by atoms with van der Waals surface area (Å²) >= 11 is 0. The van der Waals surface area contributed by atoms with Crippen LogP contribution in [0.1, 0.15) is 38.2 Å². The number of nitrogens with one attached hydrogen (secondary N) is 1. The number of nitrogens with zero attached hydrogens (tertiary/aromatic N) is 1. The summed E-state index contributed by atoms with van der Waals surface area (Å²) in [4.78, 5) is 14.2. The first kappa shape index (κ1) is 16.2. The highest BCUT2D eigenvalue weighted by molar-refractivity contribution is 5.75. The van der Waals surface area contributed by atoms with Gasteiger partial charge in [-0.1, -0.05) is 6.07 Å². The third-order valence-corrected chi connectivity index (χ3v) is 4.48. The largest absolute Gasteiger partial charge is 0.376 e. The molecule has 1 aromatic carbocycles. The number of halogens is 2. The van der Waals surface area contributed by atoms with Crippen LogP contribution in [-0.2, 0) is 11.3 Å². The highest BCUT2D eigenvalue weighted by Crippen LogP contribution is 2.29. The molecule has 6 heteroatoms. The molecule has 126 valence electrons. The van der Waals surface area contributed by atoms with E-state index in [0.717, 1.165) is 38.4 Å². The maximum absolute atomic E-state index is 13.8. The molecule has 1 aliphatic heterocycles. The van der Waals surface area contributed by atoms with E-state index >= 15 is 0 Å². The van der Waals surface area contributed by atoms with Crippen LogP contribution >= 0.6 is 0 Å². The summed E-state index contributed by atoms with van der Waals surface area (Å²) in [6, 6.07) is 3.32. The van der Waals surface area contributed by atoms with Gasteiger partial charge in [-0.25, -0.2) is 13.6 Å². The summed E-state index contributed by atoms with van der Waals surface area (Å²) in [6.45, 7) is 2.82. The van der Waals surface area contributed by atoms with Gasteiger partial charge in [0.2, 0.25) is 0 Å². The highest BCUT2D eigenvalue weighted by atomic mass is 19.1. The Morgan fingerprint density at radius 1 is 1.39 bits per heavy atom. The minimum atomic E-state index is -0.615. The third kappa shape index (κ3) is 3.99. The number of hydrogen-bond acceptors (Lipinski definition) is 2. The average molecular weight is 324 g/mol. The summed E-state index contributed by atoms with van der Waals surface area (Å²) < 4.78 is 32.4. The first-order valence-corrected chi connectivity index (χ1v) is 8.17. The number of benzene rings is 1. The lowest BCUT2D eigenvalue weighted by Crippen LogP contribution is -2.48. The molecular weight excluding hydrogens is 302 g/mol. The van der Waals surface area contributed by atoms with Crippen LogP contribution in [-0.4, -0.2) is 35.7 Å². The number of rotatable bonds is 5. The molecule has 2 fully saturated rings. The second-order valence-corrected chi connectivity index (χ2v) is 6.38. The van der Waals surface area contributed by atoms with Crippen molar-refractivity contribution < 1.29 is 18.3 Å². The lowest BCUT2D eigenvalue weighted by Gasteiger charge is -2.27. The minimum Gasteiger partial charge on any atom is -0.376 e. The number of carbonyl (C=O) groups excluding carboxylic acids is 1. The Kier molecular flexibility index (Phi) is 4.80. The van der Waals surface area contributed by atoms with Crippen molar-refractivity contribution in [2.24, 2.45) is 0 Å². The molecular formula is C17H22F2N2O2. The van der Waals surface area contributed by atoms with Crippen LogP contribution in [0.4, 0.5) is 13.6 Å². The average Bonchev–Trinajstić information content (AvgIpc) is 3.19. The van der Waals surface area contributed by atoms with E-state index < -0.39 is 11.6 Å². The molecule has 2 aliphatic rings. The van der Waals surface area contributed by atoms with Crippen LogP contribution in [0.3, 0.4) is 0 Å². The highest BCUT2D eigenvalue weighted by Gasteiger charge is 2.34. The molecule has 2 atom stereocenters. The summed E-state index contributed by atoms with van der Waals surface area (Å²) in [5.41, 5.74) is 0.332. The summed E-state index contributed by atoms with van der Waals surface area (Å²) in [5, 5.41) is 2.96. The minimum absolute atomic E-state index is 0.0440. The molecule has 0 unspecified atom stereocenters. The van der Waals surface area contributed by atoms with E-state index in [9.17, 15) is 13.6 Å². The van der Waals surface area contributed by atoms with Gasteiger partial charge in [-0.2, -0.15) is 0 Å². The van der Waals surface area contributed by atoms with Crippen molar-refractivity contribution in [3.05, 3.63) is 35.4 Å². The number of carbonyl (C=O) groups is 1. The van der Waals surface area contributed by atoms with Crippen LogP contribution in [0.25, 0.3) is 0 Å². The van der Waals surface area contributed by atoms with Gasteiger partial charge < -0.3 is 15.0 Å².